The Morgan fingerprint density at radius 1 is 0.786 bits per heavy atom. The quantitative estimate of drug-likeness (QED) is 0.625. The van der Waals surface area contributed by atoms with Gasteiger partial charge in [-0.25, -0.2) is 0 Å². The van der Waals surface area contributed by atoms with E-state index in [1.807, 2.05) is 0 Å². The second-order valence-electron chi connectivity index (χ2n) is 5.30. The molecule has 1 unspecified atom stereocenters. The molecule has 0 spiro atoms. The van der Waals surface area contributed by atoms with E-state index in [9.17, 15) is 0 Å². The van der Waals surface area contributed by atoms with Gasteiger partial charge < -0.3 is 4.90 Å². The van der Waals surface area contributed by atoms with Crippen molar-refractivity contribution in [1.29, 1.82) is 0 Å². The van der Waals surface area contributed by atoms with Crippen LogP contribution in [-0.2, 0) is 0 Å². The van der Waals surface area contributed by atoms with Crippen LogP contribution in [0.1, 0.15) is 32.1 Å². The zero-order chi connectivity index (χ0) is 9.38. The van der Waals surface area contributed by atoms with Gasteiger partial charge in [-0.3, -0.25) is 4.90 Å². The number of rotatable bonds is 1. The van der Waals surface area contributed by atoms with Crippen molar-refractivity contribution in [3.05, 3.63) is 0 Å². The molecule has 0 amide bonds. The van der Waals surface area contributed by atoms with Gasteiger partial charge in [-0.1, -0.05) is 6.42 Å². The minimum Gasteiger partial charge on any atom is -0.302 e. The molecule has 2 heteroatoms. The van der Waals surface area contributed by atoms with Crippen LogP contribution in [0, 0.1) is 5.92 Å². The molecule has 0 aliphatic carbocycles. The molecule has 80 valence electrons. The third-order valence-electron chi connectivity index (χ3n) is 4.48. The number of piperidine rings is 4. The third-order valence-corrected chi connectivity index (χ3v) is 4.48. The third kappa shape index (κ3) is 1.59. The Morgan fingerprint density at radius 2 is 1.50 bits per heavy atom. The van der Waals surface area contributed by atoms with E-state index >= 15 is 0 Å². The lowest BCUT2D eigenvalue weighted by molar-refractivity contribution is -0.00231. The molecule has 0 N–H and O–H groups in total. The zero-order valence-corrected chi connectivity index (χ0v) is 9.12. The molecule has 2 nitrogen and oxygen atoms in total. The number of hydrogen-bond acceptors (Lipinski definition) is 2. The summed E-state index contributed by atoms with van der Waals surface area (Å²) in [5.74, 6) is 1.04. The van der Waals surface area contributed by atoms with E-state index < -0.39 is 0 Å². The minimum atomic E-state index is 0.929. The minimum absolute atomic E-state index is 0.929. The molecule has 4 heterocycles. The Labute approximate surface area is 87.3 Å². The highest BCUT2D eigenvalue weighted by Crippen LogP contribution is 2.32. The maximum atomic E-state index is 2.79. The van der Waals surface area contributed by atoms with Gasteiger partial charge in [-0.2, -0.15) is 0 Å². The molecule has 14 heavy (non-hydrogen) atoms. The summed E-state index contributed by atoms with van der Waals surface area (Å²) in [4.78, 5) is 5.47. The van der Waals surface area contributed by atoms with Crippen molar-refractivity contribution in [2.24, 2.45) is 5.92 Å². The van der Waals surface area contributed by atoms with Gasteiger partial charge in [0.1, 0.15) is 0 Å². The van der Waals surface area contributed by atoms with E-state index in [1.165, 1.54) is 64.8 Å². The molecule has 4 fully saturated rings. The first kappa shape index (κ1) is 9.17. The summed E-state index contributed by atoms with van der Waals surface area (Å²) in [5, 5.41) is 0. The van der Waals surface area contributed by atoms with Gasteiger partial charge in [0.15, 0.2) is 0 Å². The van der Waals surface area contributed by atoms with Gasteiger partial charge in [0.2, 0.25) is 0 Å². The summed E-state index contributed by atoms with van der Waals surface area (Å²) >= 11 is 0. The summed E-state index contributed by atoms with van der Waals surface area (Å²) in [5.41, 5.74) is 0. The summed E-state index contributed by atoms with van der Waals surface area (Å²) in [6.07, 6.45) is 7.31. The number of likely N-dealkylation sites (tertiary alicyclic amines) is 1. The fourth-order valence-corrected chi connectivity index (χ4v) is 3.60. The molecule has 4 aliphatic rings. The average Bonchev–Trinajstić information content (AvgIpc) is 2.32. The second-order valence-corrected chi connectivity index (χ2v) is 5.30. The second kappa shape index (κ2) is 3.82. The Kier molecular flexibility index (Phi) is 2.50. The van der Waals surface area contributed by atoms with Crippen LogP contribution in [0.2, 0.25) is 0 Å². The van der Waals surface area contributed by atoms with Crippen molar-refractivity contribution in [2.75, 3.05) is 32.7 Å². The molecule has 0 saturated carbocycles. The topological polar surface area (TPSA) is 6.48 Å². The van der Waals surface area contributed by atoms with Crippen LogP contribution in [0.4, 0.5) is 0 Å². The van der Waals surface area contributed by atoms with Gasteiger partial charge in [0.05, 0.1) is 0 Å². The van der Waals surface area contributed by atoms with Gasteiger partial charge in [0.25, 0.3) is 0 Å². The molecule has 0 aromatic carbocycles. The SMILES string of the molecule is C1CCN(C2CN3CCC2CC3)CC1. The zero-order valence-electron chi connectivity index (χ0n) is 9.12. The van der Waals surface area contributed by atoms with Crippen molar-refractivity contribution < 1.29 is 0 Å². The normalized spacial score (nSPS) is 44.1. The largest absolute Gasteiger partial charge is 0.302 e. The van der Waals surface area contributed by atoms with E-state index in [0.717, 1.165) is 12.0 Å². The number of fused-ring (bicyclic) bond motifs is 3. The van der Waals surface area contributed by atoms with E-state index in [-0.39, 0.29) is 0 Å². The van der Waals surface area contributed by atoms with Crippen LogP contribution in [0.15, 0.2) is 0 Å². The molecule has 2 bridgehead atoms. The van der Waals surface area contributed by atoms with Crippen LogP contribution >= 0.6 is 0 Å². The lowest BCUT2D eigenvalue weighted by Gasteiger charge is -2.50. The molecular formula is C12H22N2. The molecule has 4 rings (SSSR count). The maximum absolute atomic E-state index is 2.79. The van der Waals surface area contributed by atoms with Crippen molar-refractivity contribution in [3.63, 3.8) is 0 Å². The van der Waals surface area contributed by atoms with Crippen molar-refractivity contribution in [2.45, 2.75) is 38.1 Å². The highest BCUT2D eigenvalue weighted by Gasteiger charge is 2.37. The van der Waals surface area contributed by atoms with Crippen molar-refractivity contribution in [1.82, 2.24) is 9.80 Å². The molecule has 4 aliphatic heterocycles. The summed E-state index contributed by atoms with van der Waals surface area (Å²) in [6, 6.07) is 0.929. The Balaban J connectivity index is 1.66. The standard InChI is InChI=1S/C12H22N2/c1-2-6-14(7-3-1)12-10-13-8-4-11(12)5-9-13/h11-12H,1-10H2. The molecule has 4 saturated heterocycles. The first-order valence-electron chi connectivity index (χ1n) is 6.40. The summed E-state index contributed by atoms with van der Waals surface area (Å²) < 4.78 is 0. The smallest absolute Gasteiger partial charge is 0.0252 e. The first-order chi connectivity index (χ1) is 6.93. The fraction of sp³-hybridized carbons (Fsp3) is 1.00. The lowest BCUT2D eigenvalue weighted by atomic mass is 9.82. The van der Waals surface area contributed by atoms with E-state index in [0.29, 0.717) is 0 Å². The lowest BCUT2D eigenvalue weighted by Crippen LogP contribution is -2.58. The average molecular weight is 194 g/mol. The van der Waals surface area contributed by atoms with Crippen molar-refractivity contribution >= 4 is 0 Å². The van der Waals surface area contributed by atoms with E-state index in [1.54, 1.807) is 0 Å². The van der Waals surface area contributed by atoms with Crippen LogP contribution in [0.25, 0.3) is 0 Å². The molecule has 0 aromatic heterocycles. The molecule has 0 aromatic rings. The molecule has 1 atom stereocenters. The Bertz CT molecular complexity index is 190. The summed E-state index contributed by atoms with van der Waals surface area (Å²) in [6.45, 7) is 6.92. The first-order valence-corrected chi connectivity index (χ1v) is 6.40. The Hall–Kier alpha value is -0.0800. The predicted octanol–water partition coefficient (Wildman–Crippen LogP) is 1.57. The molecular weight excluding hydrogens is 172 g/mol. The van der Waals surface area contributed by atoms with Crippen LogP contribution in [-0.4, -0.2) is 48.6 Å². The van der Waals surface area contributed by atoms with Gasteiger partial charge in [-0.05, 0) is 57.8 Å². The van der Waals surface area contributed by atoms with E-state index in [4.69, 9.17) is 0 Å². The van der Waals surface area contributed by atoms with Crippen LogP contribution in [0.3, 0.4) is 0 Å². The highest BCUT2D eigenvalue weighted by molar-refractivity contribution is 4.92. The Morgan fingerprint density at radius 3 is 2.07 bits per heavy atom. The van der Waals surface area contributed by atoms with Gasteiger partial charge in [0, 0.05) is 12.6 Å². The van der Waals surface area contributed by atoms with E-state index in [2.05, 4.69) is 9.80 Å². The monoisotopic (exact) mass is 194 g/mol. The van der Waals surface area contributed by atoms with Gasteiger partial charge >= 0.3 is 0 Å². The summed E-state index contributed by atoms with van der Waals surface area (Å²) in [7, 11) is 0. The number of nitrogens with zero attached hydrogens (tertiary/aromatic N) is 2. The maximum Gasteiger partial charge on any atom is 0.0252 e. The van der Waals surface area contributed by atoms with Crippen molar-refractivity contribution in [3.8, 4) is 0 Å². The van der Waals surface area contributed by atoms with Crippen LogP contribution in [0.5, 0.6) is 0 Å². The molecule has 0 radical (unpaired) electrons. The number of hydrogen-bond donors (Lipinski definition) is 0. The fourth-order valence-electron chi connectivity index (χ4n) is 3.60. The van der Waals surface area contributed by atoms with Gasteiger partial charge in [-0.15, -0.1) is 0 Å². The van der Waals surface area contributed by atoms with Crippen LogP contribution < -0.4 is 0 Å². The highest BCUT2D eigenvalue weighted by atomic mass is 15.3. The predicted molar refractivity (Wildman–Crippen MR) is 58.4 cm³/mol.